The van der Waals surface area contributed by atoms with E-state index in [2.05, 4.69) is 15.3 Å². The van der Waals surface area contributed by atoms with Gasteiger partial charge in [-0.05, 0) is 31.9 Å². The standard InChI is InChI=1S/C22H26N4O4S/c1-2-30-19(28)13-31-22-24-16-11-7-6-10-15(16)20-25-21(29)17(26(20)22)12-18(27)23-14-8-4-3-5-9-14/h6-7,10-11,14,17H,2-5,8-9,12-13H2,1H3,(H,23,27). The van der Waals surface area contributed by atoms with Crippen LogP contribution in [0.15, 0.2) is 34.3 Å². The first-order valence-corrected chi connectivity index (χ1v) is 11.7. The van der Waals surface area contributed by atoms with Crippen LogP contribution in [0.1, 0.15) is 51.0 Å². The molecule has 0 radical (unpaired) electrons. The molecule has 1 N–H and O–H groups in total. The Kier molecular flexibility index (Phi) is 6.70. The van der Waals surface area contributed by atoms with E-state index in [-0.39, 0.29) is 36.0 Å². The topological polar surface area (TPSA) is 100 Å². The van der Waals surface area contributed by atoms with Gasteiger partial charge in [0, 0.05) is 11.6 Å². The normalized spacial score (nSPS) is 20.5. The van der Waals surface area contributed by atoms with Gasteiger partial charge in [-0.15, -0.1) is 0 Å². The van der Waals surface area contributed by atoms with E-state index in [1.807, 2.05) is 24.3 Å². The van der Waals surface area contributed by atoms with E-state index in [0.717, 1.165) is 31.2 Å². The van der Waals surface area contributed by atoms with E-state index < -0.39 is 6.04 Å². The molecule has 1 atom stereocenters. The smallest absolute Gasteiger partial charge is 0.316 e. The van der Waals surface area contributed by atoms with Gasteiger partial charge in [0.15, 0.2) is 5.17 Å². The molecular formula is C22H26N4O4S. The second kappa shape index (κ2) is 9.64. The van der Waals surface area contributed by atoms with Crippen molar-refractivity contribution in [2.75, 3.05) is 12.4 Å². The number of hydrogen-bond donors (Lipinski definition) is 1. The largest absolute Gasteiger partial charge is 0.465 e. The minimum Gasteiger partial charge on any atom is -0.465 e. The molecule has 0 aromatic heterocycles. The molecule has 1 fully saturated rings. The molecule has 31 heavy (non-hydrogen) atoms. The first-order chi connectivity index (χ1) is 15.1. The number of amides is 2. The maximum Gasteiger partial charge on any atom is 0.316 e. The van der Waals surface area contributed by atoms with E-state index >= 15 is 0 Å². The molecule has 4 rings (SSSR count). The fraction of sp³-hybridized carbons (Fsp3) is 0.500. The Morgan fingerprint density at radius 1 is 1.19 bits per heavy atom. The summed E-state index contributed by atoms with van der Waals surface area (Å²) in [6, 6.07) is 6.83. The zero-order valence-corrected chi connectivity index (χ0v) is 18.3. The molecule has 0 saturated heterocycles. The van der Waals surface area contributed by atoms with Crippen molar-refractivity contribution >= 4 is 46.2 Å². The fourth-order valence-electron chi connectivity index (χ4n) is 4.14. The van der Waals surface area contributed by atoms with E-state index in [0.29, 0.717) is 23.3 Å². The van der Waals surface area contributed by atoms with Crippen LogP contribution in [0.5, 0.6) is 0 Å². The van der Waals surface area contributed by atoms with Crippen molar-refractivity contribution in [1.82, 2.24) is 10.2 Å². The van der Waals surface area contributed by atoms with Crippen molar-refractivity contribution < 1.29 is 19.1 Å². The number of aliphatic imine (C=N–C) groups is 2. The van der Waals surface area contributed by atoms with Gasteiger partial charge in [0.2, 0.25) is 5.91 Å². The minimum atomic E-state index is -0.764. The SMILES string of the molecule is CCOC(=O)CSC1=Nc2ccccc2C2=NC(=O)C(CC(=O)NC3CCCCC3)N12. The van der Waals surface area contributed by atoms with E-state index in [1.54, 1.807) is 11.8 Å². The van der Waals surface area contributed by atoms with Crippen LogP contribution in [0, 0.1) is 0 Å². The summed E-state index contributed by atoms with van der Waals surface area (Å²) in [6.45, 7) is 2.05. The lowest BCUT2D eigenvalue weighted by molar-refractivity contribution is -0.139. The lowest BCUT2D eigenvalue weighted by Crippen LogP contribution is -2.47. The number of nitrogens with zero attached hydrogens (tertiary/aromatic N) is 3. The van der Waals surface area contributed by atoms with E-state index in [1.165, 1.54) is 18.2 Å². The molecule has 2 amide bonds. The summed E-state index contributed by atoms with van der Waals surface area (Å²) < 4.78 is 5.02. The van der Waals surface area contributed by atoms with Gasteiger partial charge >= 0.3 is 5.97 Å². The van der Waals surface area contributed by atoms with Gasteiger partial charge in [0.05, 0.1) is 24.5 Å². The molecule has 0 spiro atoms. The maximum atomic E-state index is 12.8. The van der Waals surface area contributed by atoms with Gasteiger partial charge in [0.25, 0.3) is 5.91 Å². The minimum absolute atomic E-state index is 0.00346. The first-order valence-electron chi connectivity index (χ1n) is 10.7. The second-order valence-electron chi connectivity index (χ2n) is 7.77. The number of para-hydroxylation sites is 1. The Morgan fingerprint density at radius 2 is 1.97 bits per heavy atom. The van der Waals surface area contributed by atoms with Gasteiger partial charge < -0.3 is 10.1 Å². The van der Waals surface area contributed by atoms with Crippen molar-refractivity contribution in [3.63, 3.8) is 0 Å². The van der Waals surface area contributed by atoms with Gasteiger partial charge in [-0.1, -0.05) is 43.2 Å². The summed E-state index contributed by atoms with van der Waals surface area (Å²) >= 11 is 1.19. The van der Waals surface area contributed by atoms with Crippen molar-refractivity contribution in [1.29, 1.82) is 0 Å². The van der Waals surface area contributed by atoms with Gasteiger partial charge in [-0.3, -0.25) is 19.3 Å². The van der Waals surface area contributed by atoms with Crippen LogP contribution in [0.3, 0.4) is 0 Å². The summed E-state index contributed by atoms with van der Waals surface area (Å²) in [5.74, 6) is -0.333. The summed E-state index contributed by atoms with van der Waals surface area (Å²) in [7, 11) is 0. The number of amidine groups is 2. The number of esters is 1. The van der Waals surface area contributed by atoms with Crippen molar-refractivity contribution in [3.05, 3.63) is 29.8 Å². The number of hydrogen-bond acceptors (Lipinski definition) is 7. The predicted octanol–water partition coefficient (Wildman–Crippen LogP) is 2.78. The van der Waals surface area contributed by atoms with Crippen molar-refractivity contribution in [3.8, 4) is 0 Å². The fourth-order valence-corrected chi connectivity index (χ4v) is 4.98. The molecule has 0 bridgehead atoms. The number of carbonyl (C=O) groups is 3. The Hall–Kier alpha value is -2.68. The van der Waals surface area contributed by atoms with E-state index in [4.69, 9.17) is 4.74 Å². The monoisotopic (exact) mass is 442 g/mol. The molecule has 1 unspecified atom stereocenters. The first kappa shape index (κ1) is 21.5. The molecule has 3 aliphatic rings. The molecule has 164 valence electrons. The number of carbonyl (C=O) groups excluding carboxylic acids is 3. The van der Waals surface area contributed by atoms with Crippen LogP contribution < -0.4 is 5.32 Å². The lowest BCUT2D eigenvalue weighted by atomic mass is 9.95. The number of thioether (sulfide) groups is 1. The molecule has 1 aromatic carbocycles. The number of ether oxygens (including phenoxy) is 1. The quantitative estimate of drug-likeness (QED) is 0.680. The summed E-state index contributed by atoms with van der Waals surface area (Å²) in [5, 5.41) is 3.55. The molecule has 9 heteroatoms. The van der Waals surface area contributed by atoms with Crippen LogP contribution >= 0.6 is 11.8 Å². The van der Waals surface area contributed by atoms with Crippen molar-refractivity contribution in [2.45, 2.75) is 57.5 Å². The predicted molar refractivity (Wildman–Crippen MR) is 119 cm³/mol. The van der Waals surface area contributed by atoms with Crippen LogP contribution in [0.2, 0.25) is 0 Å². The van der Waals surface area contributed by atoms with Gasteiger partial charge in [-0.2, -0.15) is 4.99 Å². The highest BCUT2D eigenvalue weighted by atomic mass is 32.2. The number of fused-ring (bicyclic) bond motifs is 3. The molecular weight excluding hydrogens is 416 g/mol. The third kappa shape index (κ3) is 4.81. The van der Waals surface area contributed by atoms with Crippen LogP contribution in [-0.4, -0.2) is 58.1 Å². The summed E-state index contributed by atoms with van der Waals surface area (Å²) in [6.07, 6.45) is 5.39. The van der Waals surface area contributed by atoms with Crippen molar-refractivity contribution in [2.24, 2.45) is 9.98 Å². The Labute approximate surface area is 185 Å². The summed E-state index contributed by atoms with van der Waals surface area (Å²) in [4.78, 5) is 48.0. The number of rotatable bonds is 6. The average molecular weight is 443 g/mol. The molecule has 1 saturated carbocycles. The summed E-state index contributed by atoms with van der Waals surface area (Å²) in [5.41, 5.74) is 1.43. The van der Waals surface area contributed by atoms with Crippen LogP contribution in [0.4, 0.5) is 5.69 Å². The third-order valence-electron chi connectivity index (χ3n) is 5.58. The molecule has 1 aliphatic carbocycles. The zero-order chi connectivity index (χ0) is 21.8. The van der Waals surface area contributed by atoms with Crippen LogP contribution in [-0.2, 0) is 19.1 Å². The maximum absolute atomic E-state index is 12.8. The Balaban J connectivity index is 1.54. The average Bonchev–Trinajstić information content (AvgIpc) is 3.09. The molecule has 1 aromatic rings. The Morgan fingerprint density at radius 3 is 2.74 bits per heavy atom. The molecule has 2 aliphatic heterocycles. The van der Waals surface area contributed by atoms with Gasteiger partial charge in [0.1, 0.15) is 11.9 Å². The highest BCUT2D eigenvalue weighted by Crippen LogP contribution is 2.35. The molecule has 2 heterocycles. The third-order valence-corrected chi connectivity index (χ3v) is 6.51. The number of nitrogens with one attached hydrogen (secondary N) is 1. The van der Waals surface area contributed by atoms with Crippen LogP contribution in [0.25, 0.3) is 0 Å². The second-order valence-corrected chi connectivity index (χ2v) is 8.71. The lowest BCUT2D eigenvalue weighted by Gasteiger charge is -2.31. The highest BCUT2D eigenvalue weighted by Gasteiger charge is 2.43. The molecule has 8 nitrogen and oxygen atoms in total. The Bertz CT molecular complexity index is 939. The van der Waals surface area contributed by atoms with Gasteiger partial charge in [-0.25, -0.2) is 4.99 Å². The van der Waals surface area contributed by atoms with E-state index in [9.17, 15) is 14.4 Å². The zero-order valence-electron chi connectivity index (χ0n) is 17.5. The highest BCUT2D eigenvalue weighted by molar-refractivity contribution is 8.14. The number of benzene rings is 1.